The normalized spacial score (nSPS) is 10.8. The van der Waals surface area contributed by atoms with Gasteiger partial charge in [0.25, 0.3) is 5.91 Å². The van der Waals surface area contributed by atoms with Crippen molar-refractivity contribution in [3.05, 3.63) is 65.1 Å². The Morgan fingerprint density at radius 1 is 1.29 bits per heavy atom. The van der Waals surface area contributed by atoms with Crippen LogP contribution in [0.3, 0.4) is 0 Å². The number of imidazole rings is 1. The summed E-state index contributed by atoms with van der Waals surface area (Å²) in [5.41, 5.74) is 2.74. The van der Waals surface area contributed by atoms with Gasteiger partial charge in [-0.15, -0.1) is 0 Å². The topological polar surface area (TPSA) is 46.4 Å². The molecule has 3 aromatic rings. The average Bonchev–Trinajstić information content (AvgIpc) is 2.85. The van der Waals surface area contributed by atoms with Crippen LogP contribution >= 0.6 is 11.6 Å². The standard InChI is InChI=1S/C16H14ClN3O/c1-2-13-15(16(21)18-12-6-4-3-5-7-12)20-9-8-11(17)10-14(20)19-13/h3-10H,2H2,1H3,(H,18,21). The molecule has 0 unspecified atom stereocenters. The van der Waals surface area contributed by atoms with Crippen LogP contribution in [-0.4, -0.2) is 15.3 Å². The summed E-state index contributed by atoms with van der Waals surface area (Å²) in [5.74, 6) is -0.173. The molecule has 0 spiro atoms. The van der Waals surface area contributed by atoms with Crippen LogP contribution in [0, 0.1) is 0 Å². The molecule has 2 aromatic heterocycles. The molecule has 0 atom stereocenters. The van der Waals surface area contributed by atoms with Crippen LogP contribution in [0.2, 0.25) is 5.02 Å². The number of anilines is 1. The van der Waals surface area contributed by atoms with Crippen molar-refractivity contribution in [3.8, 4) is 0 Å². The van der Waals surface area contributed by atoms with Crippen molar-refractivity contribution in [3.63, 3.8) is 0 Å². The Hall–Kier alpha value is -2.33. The van der Waals surface area contributed by atoms with Gasteiger partial charge < -0.3 is 5.32 Å². The third kappa shape index (κ3) is 2.62. The maximum atomic E-state index is 12.5. The van der Waals surface area contributed by atoms with Gasteiger partial charge in [-0.25, -0.2) is 4.98 Å². The number of aromatic nitrogens is 2. The minimum absolute atomic E-state index is 0.173. The zero-order valence-electron chi connectivity index (χ0n) is 11.5. The molecule has 1 amide bonds. The predicted octanol–water partition coefficient (Wildman–Crippen LogP) is 3.80. The Morgan fingerprint density at radius 3 is 2.76 bits per heavy atom. The van der Waals surface area contributed by atoms with E-state index in [2.05, 4.69) is 10.3 Å². The van der Waals surface area contributed by atoms with E-state index in [1.807, 2.05) is 37.3 Å². The highest BCUT2D eigenvalue weighted by Crippen LogP contribution is 2.19. The Balaban J connectivity index is 2.04. The molecule has 1 aromatic carbocycles. The van der Waals surface area contributed by atoms with E-state index in [4.69, 9.17) is 11.6 Å². The Morgan fingerprint density at radius 2 is 2.05 bits per heavy atom. The zero-order chi connectivity index (χ0) is 14.8. The van der Waals surface area contributed by atoms with Gasteiger partial charge >= 0.3 is 0 Å². The smallest absolute Gasteiger partial charge is 0.274 e. The van der Waals surface area contributed by atoms with Crippen molar-refractivity contribution in [2.24, 2.45) is 0 Å². The van der Waals surface area contributed by atoms with Gasteiger partial charge in [0.1, 0.15) is 11.3 Å². The molecule has 4 nitrogen and oxygen atoms in total. The second-order valence-electron chi connectivity index (χ2n) is 4.65. The summed E-state index contributed by atoms with van der Waals surface area (Å²) < 4.78 is 1.77. The maximum Gasteiger partial charge on any atom is 0.274 e. The molecular weight excluding hydrogens is 286 g/mol. The monoisotopic (exact) mass is 299 g/mol. The lowest BCUT2D eigenvalue weighted by Crippen LogP contribution is -2.16. The third-order valence-electron chi connectivity index (χ3n) is 3.24. The number of fused-ring (bicyclic) bond motifs is 1. The van der Waals surface area contributed by atoms with E-state index < -0.39 is 0 Å². The fourth-order valence-electron chi connectivity index (χ4n) is 2.27. The summed E-state index contributed by atoms with van der Waals surface area (Å²) >= 11 is 5.98. The number of rotatable bonds is 3. The van der Waals surface area contributed by atoms with Crippen LogP contribution in [0.15, 0.2) is 48.7 Å². The first-order chi connectivity index (χ1) is 10.2. The first-order valence-corrected chi connectivity index (χ1v) is 7.09. The highest BCUT2D eigenvalue weighted by Gasteiger charge is 2.18. The lowest BCUT2D eigenvalue weighted by Gasteiger charge is -2.06. The number of para-hydroxylation sites is 1. The molecule has 0 aliphatic carbocycles. The number of carbonyl (C=O) groups is 1. The second kappa shape index (κ2) is 5.58. The van der Waals surface area contributed by atoms with E-state index >= 15 is 0 Å². The van der Waals surface area contributed by atoms with Gasteiger partial charge in [-0.3, -0.25) is 9.20 Å². The molecule has 0 saturated carbocycles. The van der Waals surface area contributed by atoms with Crippen molar-refractivity contribution in [2.45, 2.75) is 13.3 Å². The fraction of sp³-hybridized carbons (Fsp3) is 0.125. The molecule has 0 radical (unpaired) electrons. The van der Waals surface area contributed by atoms with E-state index in [-0.39, 0.29) is 5.91 Å². The van der Waals surface area contributed by atoms with Gasteiger partial charge in [0.15, 0.2) is 0 Å². The van der Waals surface area contributed by atoms with Crippen LogP contribution in [0.25, 0.3) is 5.65 Å². The summed E-state index contributed by atoms with van der Waals surface area (Å²) in [6.07, 6.45) is 2.45. The third-order valence-corrected chi connectivity index (χ3v) is 3.48. The van der Waals surface area contributed by atoms with Crippen molar-refractivity contribution in [1.29, 1.82) is 0 Å². The number of amides is 1. The molecule has 3 rings (SSSR count). The van der Waals surface area contributed by atoms with Crippen LogP contribution in [0.1, 0.15) is 23.1 Å². The van der Waals surface area contributed by atoms with Gasteiger partial charge in [0, 0.05) is 23.0 Å². The molecule has 0 aliphatic rings. The van der Waals surface area contributed by atoms with E-state index in [9.17, 15) is 4.79 Å². The second-order valence-corrected chi connectivity index (χ2v) is 5.09. The predicted molar refractivity (Wildman–Crippen MR) is 84.0 cm³/mol. The van der Waals surface area contributed by atoms with Crippen molar-refractivity contribution in [1.82, 2.24) is 9.38 Å². The number of pyridine rings is 1. The summed E-state index contributed by atoms with van der Waals surface area (Å²) in [6, 6.07) is 12.9. The minimum atomic E-state index is -0.173. The largest absolute Gasteiger partial charge is 0.321 e. The molecule has 0 saturated heterocycles. The first-order valence-electron chi connectivity index (χ1n) is 6.72. The van der Waals surface area contributed by atoms with Gasteiger partial charge in [-0.1, -0.05) is 36.7 Å². The highest BCUT2D eigenvalue weighted by molar-refractivity contribution is 6.30. The SMILES string of the molecule is CCc1nc2cc(Cl)ccn2c1C(=O)Nc1ccccc1. The minimum Gasteiger partial charge on any atom is -0.321 e. The number of halogens is 1. The van der Waals surface area contributed by atoms with Crippen molar-refractivity contribution >= 4 is 28.8 Å². The average molecular weight is 300 g/mol. The van der Waals surface area contributed by atoms with Gasteiger partial charge in [-0.2, -0.15) is 0 Å². The van der Waals surface area contributed by atoms with Crippen LogP contribution in [-0.2, 0) is 6.42 Å². The maximum absolute atomic E-state index is 12.5. The molecule has 0 bridgehead atoms. The van der Waals surface area contributed by atoms with E-state index in [0.29, 0.717) is 22.8 Å². The summed E-state index contributed by atoms with van der Waals surface area (Å²) in [7, 11) is 0. The van der Waals surface area contributed by atoms with Crippen LogP contribution in [0.4, 0.5) is 5.69 Å². The first kappa shape index (κ1) is 13.6. The number of nitrogens with zero attached hydrogens (tertiary/aromatic N) is 2. The van der Waals surface area contributed by atoms with Gasteiger partial charge in [0.05, 0.1) is 5.69 Å². The Labute approximate surface area is 127 Å². The number of nitrogens with one attached hydrogen (secondary N) is 1. The fourth-order valence-corrected chi connectivity index (χ4v) is 2.42. The molecule has 0 fully saturated rings. The molecule has 2 heterocycles. The lowest BCUT2D eigenvalue weighted by molar-refractivity contribution is 0.102. The number of aryl methyl sites for hydroxylation is 1. The van der Waals surface area contributed by atoms with Crippen molar-refractivity contribution < 1.29 is 4.79 Å². The number of carbonyl (C=O) groups excluding carboxylic acids is 1. The van der Waals surface area contributed by atoms with Gasteiger partial charge in [0.2, 0.25) is 0 Å². The Bertz CT molecular complexity index is 796. The summed E-state index contributed by atoms with van der Waals surface area (Å²) in [5, 5.41) is 3.50. The van der Waals surface area contributed by atoms with Crippen LogP contribution in [0.5, 0.6) is 0 Å². The molecular formula is C16H14ClN3O. The van der Waals surface area contributed by atoms with E-state index in [1.165, 1.54) is 0 Å². The molecule has 1 N–H and O–H groups in total. The Kier molecular flexibility index (Phi) is 3.62. The summed E-state index contributed by atoms with van der Waals surface area (Å²) in [4.78, 5) is 17.0. The molecule has 106 valence electrons. The number of benzene rings is 1. The van der Waals surface area contributed by atoms with E-state index in [1.54, 1.807) is 22.7 Å². The molecule has 21 heavy (non-hydrogen) atoms. The summed E-state index contributed by atoms with van der Waals surface area (Å²) in [6.45, 7) is 1.97. The highest BCUT2D eigenvalue weighted by atomic mass is 35.5. The quantitative estimate of drug-likeness (QED) is 0.799. The van der Waals surface area contributed by atoms with Crippen molar-refractivity contribution in [2.75, 3.05) is 5.32 Å². The number of hydrogen-bond donors (Lipinski definition) is 1. The van der Waals surface area contributed by atoms with E-state index in [0.717, 1.165) is 11.4 Å². The van der Waals surface area contributed by atoms with Gasteiger partial charge in [-0.05, 0) is 24.6 Å². The number of hydrogen-bond acceptors (Lipinski definition) is 2. The molecule has 5 heteroatoms. The zero-order valence-corrected chi connectivity index (χ0v) is 12.3. The molecule has 0 aliphatic heterocycles. The van der Waals surface area contributed by atoms with Crippen LogP contribution < -0.4 is 5.32 Å². The lowest BCUT2D eigenvalue weighted by atomic mass is 10.2.